The summed E-state index contributed by atoms with van der Waals surface area (Å²) in [6, 6.07) is 18.4. The second-order valence-corrected chi connectivity index (χ2v) is 8.65. The second kappa shape index (κ2) is 10.6. The molecule has 0 aromatic heterocycles. The first kappa shape index (κ1) is 24.9. The summed E-state index contributed by atoms with van der Waals surface area (Å²) in [4.78, 5) is 27.5. The average molecular weight is 490 g/mol. The van der Waals surface area contributed by atoms with Gasteiger partial charge in [-0.05, 0) is 42.8 Å². The number of benzene rings is 3. The van der Waals surface area contributed by atoms with Gasteiger partial charge in [-0.3, -0.25) is 9.59 Å². The summed E-state index contributed by atoms with van der Waals surface area (Å²) in [5.74, 6) is -0.0781. The van der Waals surface area contributed by atoms with Crippen LogP contribution in [0.25, 0.3) is 0 Å². The van der Waals surface area contributed by atoms with Crippen LogP contribution >= 0.6 is 0 Å². The van der Waals surface area contributed by atoms with Crippen LogP contribution in [0.3, 0.4) is 0 Å². The van der Waals surface area contributed by atoms with E-state index in [9.17, 15) is 14.0 Å². The Morgan fingerprint density at radius 2 is 1.81 bits per heavy atom. The lowest BCUT2D eigenvalue weighted by molar-refractivity contribution is -0.133. The molecule has 3 aromatic carbocycles. The van der Waals surface area contributed by atoms with E-state index in [2.05, 4.69) is 5.10 Å². The van der Waals surface area contributed by atoms with E-state index >= 15 is 0 Å². The molecule has 0 saturated carbocycles. The predicted octanol–water partition coefficient (Wildman–Crippen LogP) is 4.60. The maximum absolute atomic E-state index is 13.6. The summed E-state index contributed by atoms with van der Waals surface area (Å²) < 4.78 is 24.5. The molecule has 8 heteroatoms. The molecule has 0 spiro atoms. The smallest absolute Gasteiger partial charge is 0.262 e. The molecule has 2 amide bonds. The van der Waals surface area contributed by atoms with Gasteiger partial charge in [0.25, 0.3) is 11.8 Å². The molecular weight excluding hydrogens is 461 g/mol. The van der Waals surface area contributed by atoms with Gasteiger partial charge in [0, 0.05) is 30.7 Å². The first-order chi connectivity index (χ1) is 17.3. The molecule has 36 heavy (non-hydrogen) atoms. The minimum Gasteiger partial charge on any atom is -0.497 e. The summed E-state index contributed by atoms with van der Waals surface area (Å²) in [5.41, 5.74) is 3.66. The monoisotopic (exact) mass is 489 g/mol. The normalized spacial score (nSPS) is 14.9. The van der Waals surface area contributed by atoms with Crippen LogP contribution < -0.4 is 9.47 Å². The lowest BCUT2D eigenvalue weighted by Crippen LogP contribution is -2.39. The fourth-order valence-corrected chi connectivity index (χ4v) is 4.18. The number of carbonyl (C=O) groups excluding carboxylic acids is 2. The van der Waals surface area contributed by atoms with Crippen LogP contribution in [0.1, 0.15) is 39.5 Å². The van der Waals surface area contributed by atoms with Crippen molar-refractivity contribution in [2.75, 3.05) is 27.8 Å². The molecule has 0 bridgehead atoms. The quantitative estimate of drug-likeness (QED) is 0.486. The summed E-state index contributed by atoms with van der Waals surface area (Å²) in [5, 5.41) is 6.11. The SMILES string of the molecule is COc1ccc(C2=NN(C(=O)CN(C)C(=O)c3cccc(F)c3)C(c3ccc(C)cc3)C2)c(OC)c1. The number of aryl methyl sites for hydroxylation is 1. The summed E-state index contributed by atoms with van der Waals surface area (Å²) in [6.07, 6.45) is 0.471. The van der Waals surface area contributed by atoms with E-state index in [0.29, 0.717) is 23.6 Å². The standard InChI is InChI=1S/C28H28FN3O4/c1-18-8-10-19(11-9-18)25-16-24(23-13-12-22(35-3)15-26(23)36-4)30-32(25)27(33)17-31(2)28(34)20-6-5-7-21(29)14-20/h5-15,25H,16-17H2,1-4H3. The zero-order valence-electron chi connectivity index (χ0n) is 20.7. The molecule has 1 aliphatic heterocycles. The largest absolute Gasteiger partial charge is 0.497 e. The number of halogens is 1. The first-order valence-electron chi connectivity index (χ1n) is 11.5. The van der Waals surface area contributed by atoms with Crippen molar-refractivity contribution in [3.05, 3.63) is 94.8 Å². The Kier molecular flexibility index (Phi) is 7.33. The number of nitrogens with zero attached hydrogens (tertiary/aromatic N) is 3. The Labute approximate surface area is 209 Å². The highest BCUT2D eigenvalue weighted by Crippen LogP contribution is 2.36. The highest BCUT2D eigenvalue weighted by atomic mass is 19.1. The number of methoxy groups -OCH3 is 2. The van der Waals surface area contributed by atoms with Crippen molar-refractivity contribution in [3.8, 4) is 11.5 Å². The fraction of sp³-hybridized carbons (Fsp3) is 0.250. The molecule has 3 aromatic rings. The van der Waals surface area contributed by atoms with Crippen LogP contribution in [0, 0.1) is 12.7 Å². The Bertz CT molecular complexity index is 1310. The minimum atomic E-state index is -0.512. The van der Waals surface area contributed by atoms with Gasteiger partial charge in [-0.15, -0.1) is 0 Å². The molecule has 7 nitrogen and oxygen atoms in total. The molecule has 1 atom stereocenters. The number of hydrogen-bond donors (Lipinski definition) is 0. The van der Waals surface area contributed by atoms with Crippen molar-refractivity contribution in [2.45, 2.75) is 19.4 Å². The molecule has 0 saturated heterocycles. The number of carbonyl (C=O) groups is 2. The second-order valence-electron chi connectivity index (χ2n) is 8.65. The minimum absolute atomic E-state index is 0.175. The number of ether oxygens (including phenoxy) is 2. The molecule has 1 aliphatic rings. The van der Waals surface area contributed by atoms with E-state index in [4.69, 9.17) is 9.47 Å². The molecule has 0 aliphatic carbocycles. The molecule has 186 valence electrons. The van der Waals surface area contributed by atoms with Crippen molar-refractivity contribution in [1.29, 1.82) is 0 Å². The lowest BCUT2D eigenvalue weighted by atomic mass is 9.97. The third-order valence-corrected chi connectivity index (χ3v) is 6.14. The van der Waals surface area contributed by atoms with E-state index in [-0.39, 0.29) is 24.1 Å². The van der Waals surface area contributed by atoms with Crippen LogP contribution in [0.2, 0.25) is 0 Å². The third-order valence-electron chi connectivity index (χ3n) is 6.14. The highest BCUT2D eigenvalue weighted by molar-refractivity contribution is 6.05. The zero-order chi connectivity index (χ0) is 25.8. The Balaban J connectivity index is 1.63. The Hall–Kier alpha value is -4.20. The van der Waals surface area contributed by atoms with Crippen LogP contribution in [0.4, 0.5) is 4.39 Å². The number of hydrogen-bond acceptors (Lipinski definition) is 5. The zero-order valence-corrected chi connectivity index (χ0v) is 20.7. The summed E-state index contributed by atoms with van der Waals surface area (Å²) >= 11 is 0. The van der Waals surface area contributed by atoms with E-state index < -0.39 is 11.7 Å². The van der Waals surface area contributed by atoms with Crippen molar-refractivity contribution < 1.29 is 23.5 Å². The average Bonchev–Trinajstić information content (AvgIpc) is 3.33. The number of likely N-dealkylation sites (N-methyl/N-ethyl adjacent to an activating group) is 1. The Morgan fingerprint density at radius 1 is 1.06 bits per heavy atom. The van der Waals surface area contributed by atoms with Gasteiger partial charge in [0.1, 0.15) is 23.9 Å². The molecular formula is C28H28FN3O4. The fourth-order valence-electron chi connectivity index (χ4n) is 4.18. The third kappa shape index (κ3) is 5.22. The summed E-state index contributed by atoms with van der Waals surface area (Å²) in [7, 11) is 4.66. The van der Waals surface area contributed by atoms with Crippen molar-refractivity contribution >= 4 is 17.5 Å². The van der Waals surface area contributed by atoms with Gasteiger partial charge in [-0.25, -0.2) is 9.40 Å². The Morgan fingerprint density at radius 3 is 2.47 bits per heavy atom. The highest BCUT2D eigenvalue weighted by Gasteiger charge is 2.35. The van der Waals surface area contributed by atoms with Crippen LogP contribution in [0.5, 0.6) is 11.5 Å². The van der Waals surface area contributed by atoms with E-state index in [1.165, 1.54) is 35.2 Å². The van der Waals surface area contributed by atoms with Gasteiger partial charge in [-0.1, -0.05) is 35.9 Å². The van der Waals surface area contributed by atoms with E-state index in [1.807, 2.05) is 43.3 Å². The molecule has 0 radical (unpaired) electrons. The van der Waals surface area contributed by atoms with E-state index in [1.54, 1.807) is 20.3 Å². The predicted molar refractivity (Wildman–Crippen MR) is 135 cm³/mol. The first-order valence-corrected chi connectivity index (χ1v) is 11.5. The number of hydrazone groups is 1. The van der Waals surface area contributed by atoms with Gasteiger partial charge < -0.3 is 14.4 Å². The van der Waals surface area contributed by atoms with Crippen molar-refractivity contribution in [2.24, 2.45) is 5.10 Å². The molecule has 1 unspecified atom stereocenters. The molecule has 4 rings (SSSR count). The van der Waals surface area contributed by atoms with Gasteiger partial charge in [0.05, 0.1) is 26.0 Å². The van der Waals surface area contributed by atoms with Gasteiger partial charge >= 0.3 is 0 Å². The van der Waals surface area contributed by atoms with Crippen LogP contribution in [0.15, 0.2) is 71.8 Å². The topological polar surface area (TPSA) is 71.4 Å². The van der Waals surface area contributed by atoms with Crippen LogP contribution in [-0.4, -0.2) is 55.2 Å². The molecule has 1 heterocycles. The number of rotatable bonds is 7. The lowest BCUT2D eigenvalue weighted by Gasteiger charge is -2.25. The molecule has 0 N–H and O–H groups in total. The van der Waals surface area contributed by atoms with E-state index in [0.717, 1.165) is 22.8 Å². The maximum Gasteiger partial charge on any atom is 0.262 e. The molecule has 0 fully saturated rings. The van der Waals surface area contributed by atoms with Crippen molar-refractivity contribution in [1.82, 2.24) is 9.91 Å². The number of amides is 2. The van der Waals surface area contributed by atoms with Gasteiger partial charge in [-0.2, -0.15) is 5.10 Å². The van der Waals surface area contributed by atoms with Gasteiger partial charge in [0.15, 0.2) is 0 Å². The van der Waals surface area contributed by atoms with Crippen LogP contribution in [-0.2, 0) is 4.79 Å². The maximum atomic E-state index is 13.6. The van der Waals surface area contributed by atoms with Crippen molar-refractivity contribution in [3.63, 3.8) is 0 Å². The summed E-state index contributed by atoms with van der Waals surface area (Å²) in [6.45, 7) is 1.78. The van der Waals surface area contributed by atoms with Gasteiger partial charge in [0.2, 0.25) is 0 Å².